The van der Waals surface area contributed by atoms with Gasteiger partial charge in [-0.05, 0) is 31.2 Å². The Morgan fingerprint density at radius 2 is 1.81 bits per heavy atom. The number of carbonyl (C=O) groups excluding carboxylic acids is 1. The molecule has 3 nitrogen and oxygen atoms in total. The number of carbonyl (C=O) groups is 1. The normalized spacial score (nSPS) is 32.3. The van der Waals surface area contributed by atoms with Crippen molar-refractivity contribution in [2.75, 3.05) is 13.7 Å². The summed E-state index contributed by atoms with van der Waals surface area (Å²) in [4.78, 5) is 11.4. The summed E-state index contributed by atoms with van der Waals surface area (Å²) in [5.41, 5.74) is 0. The summed E-state index contributed by atoms with van der Waals surface area (Å²) in [5, 5.41) is 3.34. The third kappa shape index (κ3) is 2.76. The number of piperidine rings is 1. The molecule has 92 valence electrons. The molecule has 0 amide bonds. The van der Waals surface area contributed by atoms with E-state index >= 15 is 0 Å². The van der Waals surface area contributed by atoms with Crippen LogP contribution in [0.2, 0.25) is 0 Å². The summed E-state index contributed by atoms with van der Waals surface area (Å²) in [6, 6.07) is -0.0511. The molecule has 2 rings (SSSR count). The average molecular weight is 225 g/mol. The Hall–Kier alpha value is -0.570. The smallest absolute Gasteiger partial charge is 0.322 e. The maximum absolute atomic E-state index is 11.4. The highest BCUT2D eigenvalue weighted by atomic mass is 16.5. The van der Waals surface area contributed by atoms with Gasteiger partial charge in [0.25, 0.3) is 0 Å². The van der Waals surface area contributed by atoms with E-state index in [1.807, 2.05) is 0 Å². The number of esters is 1. The number of ether oxygens (including phenoxy) is 1. The van der Waals surface area contributed by atoms with Crippen LogP contribution in [-0.2, 0) is 9.53 Å². The third-order valence-corrected chi connectivity index (χ3v) is 4.25. The molecule has 1 aliphatic heterocycles. The Kier molecular flexibility index (Phi) is 4.22. The molecule has 0 spiro atoms. The van der Waals surface area contributed by atoms with Crippen LogP contribution in [-0.4, -0.2) is 25.7 Å². The molecular weight excluding hydrogens is 202 g/mol. The molecule has 2 unspecified atom stereocenters. The lowest BCUT2D eigenvalue weighted by Gasteiger charge is -2.35. The van der Waals surface area contributed by atoms with Gasteiger partial charge in [0.15, 0.2) is 0 Å². The second kappa shape index (κ2) is 5.67. The molecule has 1 saturated heterocycles. The Bertz CT molecular complexity index is 228. The van der Waals surface area contributed by atoms with E-state index in [4.69, 9.17) is 4.74 Å². The van der Waals surface area contributed by atoms with Crippen molar-refractivity contribution in [3.05, 3.63) is 0 Å². The molecule has 1 N–H and O–H groups in total. The largest absolute Gasteiger partial charge is 0.468 e. The maximum atomic E-state index is 11.4. The number of rotatable bonds is 2. The Morgan fingerprint density at radius 1 is 1.06 bits per heavy atom. The zero-order chi connectivity index (χ0) is 11.4. The van der Waals surface area contributed by atoms with Crippen LogP contribution >= 0.6 is 0 Å². The molecule has 0 aromatic heterocycles. The van der Waals surface area contributed by atoms with E-state index in [0.29, 0.717) is 0 Å². The standard InChI is InChI=1S/C13H23NO2/c1-16-13(15)12-8-7-11(9-14-12)10-5-3-2-4-6-10/h10-12,14H,2-9H2,1H3. The van der Waals surface area contributed by atoms with Gasteiger partial charge in [-0.1, -0.05) is 32.1 Å². The van der Waals surface area contributed by atoms with Gasteiger partial charge in [0.1, 0.15) is 6.04 Å². The molecular formula is C13H23NO2. The first-order valence-electron chi connectivity index (χ1n) is 6.62. The summed E-state index contributed by atoms with van der Waals surface area (Å²) in [5.74, 6) is 1.60. The number of hydrogen-bond acceptors (Lipinski definition) is 3. The molecule has 0 bridgehead atoms. The van der Waals surface area contributed by atoms with Gasteiger partial charge in [-0.2, -0.15) is 0 Å². The number of nitrogens with one attached hydrogen (secondary N) is 1. The first-order chi connectivity index (χ1) is 7.81. The predicted molar refractivity (Wildman–Crippen MR) is 63.1 cm³/mol. The molecule has 1 heterocycles. The van der Waals surface area contributed by atoms with E-state index in [-0.39, 0.29) is 12.0 Å². The van der Waals surface area contributed by atoms with Gasteiger partial charge in [-0.25, -0.2) is 0 Å². The van der Waals surface area contributed by atoms with Gasteiger partial charge in [0.05, 0.1) is 7.11 Å². The van der Waals surface area contributed by atoms with Gasteiger partial charge >= 0.3 is 5.97 Å². The van der Waals surface area contributed by atoms with Crippen molar-refractivity contribution in [2.24, 2.45) is 11.8 Å². The van der Waals surface area contributed by atoms with Crippen molar-refractivity contribution in [3.8, 4) is 0 Å². The first-order valence-corrected chi connectivity index (χ1v) is 6.62. The topological polar surface area (TPSA) is 38.3 Å². The molecule has 2 fully saturated rings. The highest BCUT2D eigenvalue weighted by Gasteiger charge is 2.31. The van der Waals surface area contributed by atoms with Crippen LogP contribution in [0.4, 0.5) is 0 Å². The second-order valence-corrected chi connectivity index (χ2v) is 5.22. The van der Waals surface area contributed by atoms with Crippen LogP contribution in [0, 0.1) is 11.8 Å². The van der Waals surface area contributed by atoms with Crippen molar-refractivity contribution in [2.45, 2.75) is 51.0 Å². The molecule has 2 atom stereocenters. The maximum Gasteiger partial charge on any atom is 0.322 e. The van der Waals surface area contributed by atoms with Crippen molar-refractivity contribution >= 4 is 5.97 Å². The molecule has 0 aromatic carbocycles. The average Bonchev–Trinajstić information content (AvgIpc) is 2.39. The van der Waals surface area contributed by atoms with Gasteiger partial charge in [-0.15, -0.1) is 0 Å². The fraction of sp³-hybridized carbons (Fsp3) is 0.923. The van der Waals surface area contributed by atoms with Crippen molar-refractivity contribution in [3.63, 3.8) is 0 Å². The van der Waals surface area contributed by atoms with E-state index in [0.717, 1.165) is 24.8 Å². The molecule has 16 heavy (non-hydrogen) atoms. The Morgan fingerprint density at radius 3 is 2.38 bits per heavy atom. The van der Waals surface area contributed by atoms with E-state index in [1.165, 1.54) is 45.6 Å². The van der Waals surface area contributed by atoms with Crippen molar-refractivity contribution in [1.29, 1.82) is 0 Å². The fourth-order valence-corrected chi connectivity index (χ4v) is 3.23. The predicted octanol–water partition coefficient (Wildman–Crippen LogP) is 2.11. The lowest BCUT2D eigenvalue weighted by molar-refractivity contribution is -0.144. The monoisotopic (exact) mass is 225 g/mol. The van der Waals surface area contributed by atoms with Crippen LogP contribution in [0.1, 0.15) is 44.9 Å². The van der Waals surface area contributed by atoms with Gasteiger partial charge in [0.2, 0.25) is 0 Å². The Labute approximate surface area is 97.9 Å². The van der Waals surface area contributed by atoms with E-state index in [9.17, 15) is 4.79 Å². The molecule has 0 radical (unpaired) electrons. The van der Waals surface area contributed by atoms with E-state index in [2.05, 4.69) is 5.32 Å². The summed E-state index contributed by atoms with van der Waals surface area (Å²) >= 11 is 0. The van der Waals surface area contributed by atoms with Crippen LogP contribution < -0.4 is 5.32 Å². The summed E-state index contributed by atoms with van der Waals surface area (Å²) < 4.78 is 4.77. The van der Waals surface area contributed by atoms with Crippen LogP contribution in [0.25, 0.3) is 0 Å². The second-order valence-electron chi connectivity index (χ2n) is 5.22. The van der Waals surface area contributed by atoms with Gasteiger partial charge in [-0.3, -0.25) is 4.79 Å². The molecule has 2 aliphatic rings. The van der Waals surface area contributed by atoms with Crippen LogP contribution in [0.5, 0.6) is 0 Å². The summed E-state index contributed by atoms with van der Waals surface area (Å²) in [7, 11) is 1.47. The zero-order valence-electron chi connectivity index (χ0n) is 10.2. The molecule has 0 aromatic rings. The quantitative estimate of drug-likeness (QED) is 0.731. The van der Waals surface area contributed by atoms with Crippen LogP contribution in [0.3, 0.4) is 0 Å². The minimum Gasteiger partial charge on any atom is -0.468 e. The summed E-state index contributed by atoms with van der Waals surface area (Å²) in [6.45, 7) is 1.00. The van der Waals surface area contributed by atoms with Gasteiger partial charge < -0.3 is 10.1 Å². The SMILES string of the molecule is COC(=O)C1CCC(C2CCCCC2)CN1. The fourth-order valence-electron chi connectivity index (χ4n) is 3.23. The highest BCUT2D eigenvalue weighted by Crippen LogP contribution is 2.33. The molecule has 1 saturated carbocycles. The Balaban J connectivity index is 1.78. The minimum absolute atomic E-state index is 0.0511. The molecule has 3 heteroatoms. The first kappa shape index (κ1) is 11.9. The third-order valence-electron chi connectivity index (χ3n) is 4.25. The lowest BCUT2D eigenvalue weighted by Crippen LogP contribution is -2.46. The van der Waals surface area contributed by atoms with Gasteiger partial charge in [0, 0.05) is 0 Å². The van der Waals surface area contributed by atoms with Crippen molar-refractivity contribution in [1.82, 2.24) is 5.32 Å². The molecule has 1 aliphatic carbocycles. The summed E-state index contributed by atoms with van der Waals surface area (Å²) in [6.07, 6.45) is 9.17. The number of hydrogen-bond donors (Lipinski definition) is 1. The number of methoxy groups -OCH3 is 1. The van der Waals surface area contributed by atoms with E-state index in [1.54, 1.807) is 0 Å². The zero-order valence-corrected chi connectivity index (χ0v) is 10.2. The lowest BCUT2D eigenvalue weighted by atomic mass is 9.76. The highest BCUT2D eigenvalue weighted by molar-refractivity contribution is 5.75. The van der Waals surface area contributed by atoms with Crippen LogP contribution in [0.15, 0.2) is 0 Å². The minimum atomic E-state index is -0.0953. The van der Waals surface area contributed by atoms with Crippen molar-refractivity contribution < 1.29 is 9.53 Å². The van der Waals surface area contributed by atoms with E-state index < -0.39 is 0 Å².